The van der Waals surface area contributed by atoms with Crippen LogP contribution in [-0.2, 0) is 26.9 Å². The lowest BCUT2D eigenvalue weighted by molar-refractivity contribution is -0.0243. The second-order valence-corrected chi connectivity index (χ2v) is 8.48. The Labute approximate surface area is 150 Å². The Bertz CT molecular complexity index is 844. The lowest BCUT2D eigenvalue weighted by Crippen LogP contribution is -2.46. The minimum atomic E-state index is -3.44. The van der Waals surface area contributed by atoms with E-state index in [9.17, 15) is 8.42 Å². The molecular formula is C14H16Cl2N4O3S. The number of benzene rings is 1. The van der Waals surface area contributed by atoms with E-state index in [2.05, 4.69) is 10.1 Å². The topological polar surface area (TPSA) is 77.3 Å². The molecule has 0 saturated carbocycles. The Morgan fingerprint density at radius 1 is 1.42 bits per heavy atom. The van der Waals surface area contributed by atoms with Crippen LogP contribution in [0.1, 0.15) is 12.5 Å². The minimum Gasteiger partial charge on any atom is -0.350 e. The fraction of sp³-hybridized carbons (Fsp3) is 0.429. The number of sulfonamides is 1. The van der Waals surface area contributed by atoms with E-state index in [1.807, 2.05) is 0 Å². The molecule has 2 heterocycles. The Morgan fingerprint density at radius 2 is 2.17 bits per heavy atom. The molecule has 0 N–H and O–H groups in total. The van der Waals surface area contributed by atoms with E-state index >= 15 is 0 Å². The van der Waals surface area contributed by atoms with E-state index in [-0.39, 0.29) is 13.3 Å². The van der Waals surface area contributed by atoms with Gasteiger partial charge in [-0.1, -0.05) is 29.3 Å². The van der Waals surface area contributed by atoms with Crippen LogP contribution in [0.5, 0.6) is 0 Å². The molecule has 0 spiro atoms. The van der Waals surface area contributed by atoms with Crippen LogP contribution in [0.2, 0.25) is 10.0 Å². The highest BCUT2D eigenvalue weighted by Gasteiger charge is 2.52. The van der Waals surface area contributed by atoms with Crippen LogP contribution < -0.4 is 0 Å². The van der Waals surface area contributed by atoms with Crippen molar-refractivity contribution in [2.75, 3.05) is 13.0 Å². The molecule has 130 valence electrons. The van der Waals surface area contributed by atoms with Crippen LogP contribution in [0.4, 0.5) is 0 Å². The Hall–Kier alpha value is -1.19. The molecule has 0 unspecified atom stereocenters. The van der Waals surface area contributed by atoms with Gasteiger partial charge >= 0.3 is 0 Å². The molecule has 0 bridgehead atoms. The number of ether oxygens (including phenoxy) is 1. The average molecular weight is 391 g/mol. The number of hydrogen-bond donors (Lipinski definition) is 0. The lowest BCUT2D eigenvalue weighted by Gasteiger charge is -2.34. The van der Waals surface area contributed by atoms with Crippen molar-refractivity contribution in [3.8, 4) is 0 Å². The molecule has 1 saturated heterocycles. The summed E-state index contributed by atoms with van der Waals surface area (Å²) in [6, 6.07) is 4.57. The van der Waals surface area contributed by atoms with Gasteiger partial charge in [0.15, 0.2) is 0 Å². The first kappa shape index (κ1) is 17.6. The lowest BCUT2D eigenvalue weighted by atomic mass is 9.87. The van der Waals surface area contributed by atoms with Gasteiger partial charge in [0.1, 0.15) is 25.0 Å². The SMILES string of the molecule is C[C@H]1N(S(C)(=O)=O)CO[C@@]1(Cn1cncn1)c1ccc(Cl)cc1Cl. The predicted octanol–water partition coefficient (Wildman–Crippen LogP) is 2.12. The van der Waals surface area contributed by atoms with Gasteiger partial charge in [-0.2, -0.15) is 9.40 Å². The normalized spacial score (nSPS) is 25.2. The van der Waals surface area contributed by atoms with Gasteiger partial charge in [0.25, 0.3) is 0 Å². The second-order valence-electron chi connectivity index (χ2n) is 5.71. The van der Waals surface area contributed by atoms with Gasteiger partial charge in [0.2, 0.25) is 10.0 Å². The van der Waals surface area contributed by atoms with E-state index in [1.54, 1.807) is 36.1 Å². The van der Waals surface area contributed by atoms with Crippen molar-refractivity contribution in [1.29, 1.82) is 0 Å². The Morgan fingerprint density at radius 3 is 2.71 bits per heavy atom. The van der Waals surface area contributed by atoms with Crippen LogP contribution >= 0.6 is 23.2 Å². The minimum absolute atomic E-state index is 0.0619. The molecule has 1 aliphatic rings. The molecule has 2 atom stereocenters. The second kappa shape index (κ2) is 6.27. The molecule has 3 rings (SSSR count). The summed E-state index contributed by atoms with van der Waals surface area (Å²) in [4.78, 5) is 3.93. The zero-order chi connectivity index (χ0) is 17.5. The Kier molecular flexibility index (Phi) is 4.61. The first-order chi connectivity index (χ1) is 11.2. The van der Waals surface area contributed by atoms with E-state index in [0.717, 1.165) is 6.26 Å². The van der Waals surface area contributed by atoms with Gasteiger partial charge in [-0.25, -0.2) is 18.1 Å². The molecule has 10 heteroatoms. The van der Waals surface area contributed by atoms with Crippen molar-refractivity contribution in [2.24, 2.45) is 0 Å². The Balaban J connectivity index is 2.12. The highest BCUT2D eigenvalue weighted by Crippen LogP contribution is 2.43. The first-order valence-corrected chi connectivity index (χ1v) is 9.73. The maximum Gasteiger partial charge on any atom is 0.213 e. The standard InChI is InChI=1S/C14H16Cl2N4O3S/c1-10-14(6-19-8-17-7-18-19,23-9-20(10)24(2,21)22)12-4-3-11(15)5-13(12)16/h3-5,7-8,10H,6,9H2,1-2H3/t10-,14-/m1/s1. The zero-order valence-corrected chi connectivity index (χ0v) is 15.4. The third-order valence-corrected chi connectivity index (χ3v) is 6.05. The van der Waals surface area contributed by atoms with E-state index < -0.39 is 21.7 Å². The molecule has 0 amide bonds. The van der Waals surface area contributed by atoms with Gasteiger partial charge in [-0.15, -0.1) is 0 Å². The van der Waals surface area contributed by atoms with E-state index in [0.29, 0.717) is 15.6 Å². The van der Waals surface area contributed by atoms with Crippen molar-refractivity contribution in [2.45, 2.75) is 25.1 Å². The van der Waals surface area contributed by atoms with Crippen LogP contribution in [0.25, 0.3) is 0 Å². The number of hydrogen-bond acceptors (Lipinski definition) is 5. The van der Waals surface area contributed by atoms with E-state index in [1.165, 1.54) is 10.6 Å². The van der Waals surface area contributed by atoms with Crippen molar-refractivity contribution in [3.05, 3.63) is 46.5 Å². The summed E-state index contributed by atoms with van der Waals surface area (Å²) >= 11 is 12.4. The molecular weight excluding hydrogens is 375 g/mol. The number of nitrogens with zero attached hydrogens (tertiary/aromatic N) is 4. The molecule has 0 radical (unpaired) electrons. The first-order valence-electron chi connectivity index (χ1n) is 7.13. The van der Waals surface area contributed by atoms with Crippen molar-refractivity contribution in [1.82, 2.24) is 19.1 Å². The molecule has 24 heavy (non-hydrogen) atoms. The third kappa shape index (κ3) is 3.04. The predicted molar refractivity (Wildman–Crippen MR) is 90.3 cm³/mol. The quantitative estimate of drug-likeness (QED) is 0.798. The van der Waals surface area contributed by atoms with Gasteiger partial charge in [0.05, 0.1) is 18.8 Å². The van der Waals surface area contributed by atoms with Gasteiger partial charge in [-0.3, -0.25) is 0 Å². The number of aromatic nitrogens is 3. The molecule has 7 nitrogen and oxygen atoms in total. The molecule has 1 aliphatic heterocycles. The molecule has 2 aromatic rings. The van der Waals surface area contributed by atoms with Gasteiger partial charge < -0.3 is 4.74 Å². The summed E-state index contributed by atoms with van der Waals surface area (Å²) in [5.41, 5.74) is -0.346. The maximum absolute atomic E-state index is 12.1. The molecule has 1 aromatic heterocycles. The maximum atomic E-state index is 12.1. The monoisotopic (exact) mass is 390 g/mol. The third-order valence-electron chi connectivity index (χ3n) is 4.23. The van der Waals surface area contributed by atoms with Crippen LogP contribution in [0.15, 0.2) is 30.9 Å². The van der Waals surface area contributed by atoms with Crippen molar-refractivity contribution < 1.29 is 13.2 Å². The smallest absolute Gasteiger partial charge is 0.213 e. The fourth-order valence-corrected chi connectivity index (χ4v) is 4.54. The van der Waals surface area contributed by atoms with Crippen molar-refractivity contribution in [3.63, 3.8) is 0 Å². The number of halogens is 2. The summed E-state index contributed by atoms with van der Waals surface area (Å²) in [6.07, 6.45) is 4.11. The summed E-state index contributed by atoms with van der Waals surface area (Å²) < 4.78 is 33.0. The van der Waals surface area contributed by atoms with Gasteiger partial charge in [-0.05, 0) is 19.1 Å². The highest BCUT2D eigenvalue weighted by molar-refractivity contribution is 7.88. The average Bonchev–Trinajstić information content (AvgIpc) is 3.08. The van der Waals surface area contributed by atoms with Crippen LogP contribution in [-0.4, -0.2) is 46.5 Å². The largest absolute Gasteiger partial charge is 0.350 e. The molecule has 1 aromatic carbocycles. The number of rotatable bonds is 4. The summed E-state index contributed by atoms with van der Waals surface area (Å²) in [5, 5.41) is 5.01. The van der Waals surface area contributed by atoms with Gasteiger partial charge in [0, 0.05) is 15.6 Å². The molecule has 0 aliphatic carbocycles. The summed E-state index contributed by atoms with van der Waals surface area (Å²) in [5.74, 6) is 0. The summed E-state index contributed by atoms with van der Waals surface area (Å²) in [7, 11) is -3.44. The summed E-state index contributed by atoms with van der Waals surface area (Å²) in [6.45, 7) is 1.99. The van der Waals surface area contributed by atoms with E-state index in [4.69, 9.17) is 27.9 Å². The molecule has 1 fully saturated rings. The van der Waals surface area contributed by atoms with Crippen LogP contribution in [0, 0.1) is 0 Å². The fourth-order valence-electron chi connectivity index (χ4n) is 2.98. The van der Waals surface area contributed by atoms with Crippen molar-refractivity contribution >= 4 is 33.2 Å². The highest BCUT2D eigenvalue weighted by atomic mass is 35.5. The van der Waals surface area contributed by atoms with Crippen LogP contribution in [0.3, 0.4) is 0 Å². The zero-order valence-electron chi connectivity index (χ0n) is 13.1.